The van der Waals surface area contributed by atoms with Crippen molar-refractivity contribution in [1.82, 2.24) is 4.98 Å². The molecule has 0 spiro atoms. The van der Waals surface area contributed by atoms with Crippen molar-refractivity contribution in [2.75, 3.05) is 0 Å². The number of imidazole rings is 1. The molecule has 1 aromatic heterocycles. The standard InChI is InChI=1S/C17H24N2/c1-15(2)8-9-17(16-6-4-3-5-7-16)10-12-19-13-11-18-14-19/h3-7,11,13-15,17H,8-10,12H2,1-2H3/p+1. The van der Waals surface area contributed by atoms with Crippen LogP contribution < -0.4 is 4.57 Å². The van der Waals surface area contributed by atoms with Crippen LogP contribution in [0.2, 0.25) is 0 Å². The fourth-order valence-corrected chi connectivity index (χ4v) is 2.50. The van der Waals surface area contributed by atoms with Gasteiger partial charge in [0.1, 0.15) is 12.4 Å². The van der Waals surface area contributed by atoms with Crippen molar-refractivity contribution in [3.8, 4) is 0 Å². The van der Waals surface area contributed by atoms with Crippen LogP contribution >= 0.6 is 0 Å². The van der Waals surface area contributed by atoms with Gasteiger partial charge < -0.3 is 0 Å². The molecular formula is C17H25N2+. The first-order valence-corrected chi connectivity index (χ1v) is 7.32. The second-order valence-corrected chi connectivity index (χ2v) is 5.72. The van der Waals surface area contributed by atoms with Crippen molar-refractivity contribution in [2.24, 2.45) is 5.92 Å². The predicted molar refractivity (Wildman–Crippen MR) is 78.9 cm³/mol. The van der Waals surface area contributed by atoms with Gasteiger partial charge in [-0.2, -0.15) is 0 Å². The van der Waals surface area contributed by atoms with E-state index in [2.05, 4.69) is 59.9 Å². The molecule has 0 saturated carbocycles. The lowest BCUT2D eigenvalue weighted by Crippen LogP contribution is -2.31. The van der Waals surface area contributed by atoms with Gasteiger partial charge in [-0.15, -0.1) is 0 Å². The normalized spacial score (nSPS) is 12.8. The highest BCUT2D eigenvalue weighted by Crippen LogP contribution is 2.26. The van der Waals surface area contributed by atoms with Gasteiger partial charge >= 0.3 is 0 Å². The third-order valence-electron chi connectivity index (χ3n) is 3.70. The molecule has 1 heterocycles. The molecule has 0 bridgehead atoms. The van der Waals surface area contributed by atoms with Gasteiger partial charge in [-0.05, 0) is 30.2 Å². The fraction of sp³-hybridized carbons (Fsp3) is 0.471. The Labute approximate surface area is 116 Å². The van der Waals surface area contributed by atoms with Crippen LogP contribution in [0.15, 0.2) is 49.1 Å². The summed E-state index contributed by atoms with van der Waals surface area (Å²) in [5, 5.41) is 0. The molecular weight excluding hydrogens is 232 g/mol. The van der Waals surface area contributed by atoms with Gasteiger partial charge in [0.05, 0.1) is 6.54 Å². The smallest absolute Gasteiger partial charge is 0.241 e. The Hall–Kier alpha value is -1.57. The molecule has 1 atom stereocenters. The summed E-state index contributed by atoms with van der Waals surface area (Å²) in [5.41, 5.74) is 1.49. The van der Waals surface area contributed by atoms with Crippen molar-refractivity contribution in [3.63, 3.8) is 0 Å². The van der Waals surface area contributed by atoms with E-state index in [1.165, 1.54) is 24.8 Å². The van der Waals surface area contributed by atoms with Crippen LogP contribution in [0.4, 0.5) is 0 Å². The SMILES string of the molecule is CC(C)CCC(CC[n+]1cc[nH]c1)c1ccccc1. The Kier molecular flexibility index (Phi) is 5.20. The number of hydrogen-bond acceptors (Lipinski definition) is 0. The van der Waals surface area contributed by atoms with Crippen LogP contribution in [0.5, 0.6) is 0 Å². The van der Waals surface area contributed by atoms with Crippen LogP contribution in [0.25, 0.3) is 0 Å². The summed E-state index contributed by atoms with van der Waals surface area (Å²) in [6.45, 7) is 5.70. The second-order valence-electron chi connectivity index (χ2n) is 5.72. The van der Waals surface area contributed by atoms with Gasteiger partial charge in [-0.25, -0.2) is 4.57 Å². The van der Waals surface area contributed by atoms with Crippen molar-refractivity contribution < 1.29 is 4.57 Å². The largest absolute Gasteiger partial charge is 0.250 e. The maximum atomic E-state index is 3.11. The molecule has 2 rings (SSSR count). The Morgan fingerprint density at radius 2 is 1.84 bits per heavy atom. The zero-order valence-corrected chi connectivity index (χ0v) is 12.0. The summed E-state index contributed by atoms with van der Waals surface area (Å²) in [7, 11) is 0. The van der Waals surface area contributed by atoms with E-state index < -0.39 is 0 Å². The average molecular weight is 257 g/mol. The molecule has 0 aliphatic carbocycles. The number of hydrogen-bond donors (Lipinski definition) is 1. The topological polar surface area (TPSA) is 19.7 Å². The van der Waals surface area contributed by atoms with E-state index in [0.29, 0.717) is 5.92 Å². The van der Waals surface area contributed by atoms with Crippen molar-refractivity contribution >= 4 is 0 Å². The molecule has 1 aromatic carbocycles. The van der Waals surface area contributed by atoms with E-state index in [1.54, 1.807) is 0 Å². The van der Waals surface area contributed by atoms with Crippen LogP contribution in [0.3, 0.4) is 0 Å². The predicted octanol–water partition coefficient (Wildman–Crippen LogP) is 3.91. The first-order valence-electron chi connectivity index (χ1n) is 7.32. The summed E-state index contributed by atoms with van der Waals surface area (Å²) < 4.78 is 2.23. The van der Waals surface area contributed by atoms with Gasteiger partial charge in [0.15, 0.2) is 0 Å². The molecule has 0 aliphatic rings. The van der Waals surface area contributed by atoms with Gasteiger partial charge in [0.2, 0.25) is 6.33 Å². The van der Waals surface area contributed by atoms with E-state index in [9.17, 15) is 0 Å². The number of nitrogens with zero attached hydrogens (tertiary/aromatic N) is 1. The number of aromatic amines is 1. The maximum Gasteiger partial charge on any atom is 0.241 e. The second kappa shape index (κ2) is 7.13. The third-order valence-corrected chi connectivity index (χ3v) is 3.70. The highest BCUT2D eigenvalue weighted by Gasteiger charge is 2.13. The number of benzene rings is 1. The van der Waals surface area contributed by atoms with E-state index >= 15 is 0 Å². The first kappa shape index (κ1) is 13.9. The van der Waals surface area contributed by atoms with Gasteiger partial charge in [0.25, 0.3) is 0 Å². The minimum Gasteiger partial charge on any atom is -0.250 e. The highest BCUT2D eigenvalue weighted by molar-refractivity contribution is 5.19. The molecule has 2 heteroatoms. The van der Waals surface area contributed by atoms with Crippen LogP contribution in [-0.2, 0) is 6.54 Å². The van der Waals surface area contributed by atoms with E-state index in [1.807, 2.05) is 12.5 Å². The average Bonchev–Trinajstić information content (AvgIpc) is 2.93. The van der Waals surface area contributed by atoms with Crippen LogP contribution in [0, 0.1) is 5.92 Å². The molecule has 1 unspecified atom stereocenters. The summed E-state index contributed by atoms with van der Waals surface area (Å²) in [5.74, 6) is 1.46. The Bertz CT molecular complexity index is 445. The van der Waals surface area contributed by atoms with Gasteiger partial charge in [-0.3, -0.25) is 4.98 Å². The number of H-pyrrole nitrogens is 1. The summed E-state index contributed by atoms with van der Waals surface area (Å²) in [6, 6.07) is 11.0. The zero-order valence-electron chi connectivity index (χ0n) is 12.0. The van der Waals surface area contributed by atoms with Gasteiger partial charge in [0, 0.05) is 0 Å². The van der Waals surface area contributed by atoms with Crippen molar-refractivity contribution in [2.45, 2.75) is 45.6 Å². The van der Waals surface area contributed by atoms with Gasteiger partial charge in [-0.1, -0.05) is 50.6 Å². The molecule has 102 valence electrons. The summed E-state index contributed by atoms with van der Waals surface area (Å²) >= 11 is 0. The third kappa shape index (κ3) is 4.55. The van der Waals surface area contributed by atoms with Crippen LogP contribution in [-0.4, -0.2) is 4.98 Å². The quantitative estimate of drug-likeness (QED) is 0.726. The Morgan fingerprint density at radius 1 is 1.05 bits per heavy atom. The maximum absolute atomic E-state index is 3.11. The lowest BCUT2D eigenvalue weighted by atomic mass is 9.89. The fourth-order valence-electron chi connectivity index (χ4n) is 2.50. The minimum absolute atomic E-state index is 0.672. The molecule has 19 heavy (non-hydrogen) atoms. The van der Waals surface area contributed by atoms with Crippen molar-refractivity contribution in [3.05, 3.63) is 54.6 Å². The molecule has 2 aromatic rings. The zero-order chi connectivity index (χ0) is 13.5. The highest BCUT2D eigenvalue weighted by atomic mass is 15.0. The molecule has 0 amide bonds. The molecule has 1 N–H and O–H groups in total. The number of aromatic nitrogens is 2. The van der Waals surface area contributed by atoms with Crippen molar-refractivity contribution in [1.29, 1.82) is 0 Å². The molecule has 2 nitrogen and oxygen atoms in total. The summed E-state index contributed by atoms with van der Waals surface area (Å²) in [4.78, 5) is 3.11. The molecule has 0 radical (unpaired) electrons. The number of aryl methyl sites for hydroxylation is 1. The van der Waals surface area contributed by atoms with E-state index in [4.69, 9.17) is 0 Å². The number of rotatable bonds is 7. The molecule has 0 saturated heterocycles. The molecule has 0 fully saturated rings. The minimum atomic E-state index is 0.672. The van der Waals surface area contributed by atoms with E-state index in [0.717, 1.165) is 12.5 Å². The summed E-state index contributed by atoms with van der Waals surface area (Å²) in [6.07, 6.45) is 9.91. The monoisotopic (exact) mass is 257 g/mol. The lowest BCUT2D eigenvalue weighted by Gasteiger charge is -2.17. The first-order chi connectivity index (χ1) is 9.25. The molecule has 0 aliphatic heterocycles. The Morgan fingerprint density at radius 3 is 2.47 bits per heavy atom. The number of nitrogens with one attached hydrogen (secondary N) is 1. The lowest BCUT2D eigenvalue weighted by molar-refractivity contribution is -0.696. The van der Waals surface area contributed by atoms with Crippen LogP contribution in [0.1, 0.15) is 44.6 Å². The van der Waals surface area contributed by atoms with E-state index in [-0.39, 0.29) is 0 Å². The Balaban J connectivity index is 1.97.